The van der Waals surface area contributed by atoms with E-state index in [0.717, 1.165) is 9.87 Å². The Morgan fingerprint density at radius 2 is 1.79 bits per heavy atom. The Kier molecular flexibility index (Phi) is 7.56. The number of rotatable bonds is 8. The number of amides is 2. The maximum Gasteiger partial charge on any atom is 0.243 e. The van der Waals surface area contributed by atoms with E-state index in [1.165, 1.54) is 38.2 Å². The molecule has 0 bridgehead atoms. The molecule has 0 aliphatic heterocycles. The van der Waals surface area contributed by atoms with E-state index in [0.29, 0.717) is 23.7 Å². The molecule has 0 saturated carbocycles. The Morgan fingerprint density at radius 3 is 2.39 bits per heavy atom. The molecule has 0 unspecified atom stereocenters. The lowest BCUT2D eigenvalue weighted by molar-refractivity contribution is -0.121. The number of hydrogen-bond donors (Lipinski definition) is 2. The van der Waals surface area contributed by atoms with Crippen LogP contribution in [0.2, 0.25) is 5.02 Å². The molecule has 2 aromatic rings. The first-order valence-electron chi connectivity index (χ1n) is 8.53. The van der Waals surface area contributed by atoms with E-state index in [1.54, 1.807) is 6.07 Å². The van der Waals surface area contributed by atoms with Crippen molar-refractivity contribution in [2.45, 2.75) is 18.2 Å². The molecule has 0 spiro atoms. The first-order chi connectivity index (χ1) is 13.2. The Bertz CT molecular complexity index is 946. The zero-order chi connectivity index (χ0) is 20.7. The average molecular weight is 424 g/mol. The van der Waals surface area contributed by atoms with Gasteiger partial charge in [-0.2, -0.15) is 4.31 Å². The van der Waals surface area contributed by atoms with Crippen molar-refractivity contribution < 1.29 is 18.0 Å². The monoisotopic (exact) mass is 423 g/mol. The standard InChI is InChI=1S/C19H22ClN3O4S/c1-14(24)22-17-6-8-18(9-7-17)28(26,27)23(2)13-19(25)21-11-10-15-4-3-5-16(20)12-15/h3-9,12H,10-11,13H2,1-2H3,(H,21,25)(H,22,24). The number of halogens is 1. The molecule has 28 heavy (non-hydrogen) atoms. The fourth-order valence-electron chi connectivity index (χ4n) is 2.48. The third-order valence-electron chi connectivity index (χ3n) is 3.87. The van der Waals surface area contributed by atoms with E-state index >= 15 is 0 Å². The number of nitrogens with zero attached hydrogens (tertiary/aromatic N) is 1. The highest BCUT2D eigenvalue weighted by molar-refractivity contribution is 7.89. The predicted octanol–water partition coefficient (Wildman–Crippen LogP) is 2.28. The summed E-state index contributed by atoms with van der Waals surface area (Å²) >= 11 is 5.92. The summed E-state index contributed by atoms with van der Waals surface area (Å²) in [5.41, 5.74) is 1.47. The van der Waals surface area contributed by atoms with E-state index < -0.39 is 15.9 Å². The summed E-state index contributed by atoms with van der Waals surface area (Å²) in [6.45, 7) is 1.44. The maximum atomic E-state index is 12.6. The number of nitrogens with one attached hydrogen (secondary N) is 2. The van der Waals surface area contributed by atoms with Crippen LogP contribution in [-0.2, 0) is 26.0 Å². The van der Waals surface area contributed by atoms with E-state index in [1.807, 2.05) is 18.2 Å². The largest absolute Gasteiger partial charge is 0.355 e. The maximum absolute atomic E-state index is 12.6. The van der Waals surface area contributed by atoms with Gasteiger partial charge in [-0.15, -0.1) is 0 Å². The van der Waals surface area contributed by atoms with E-state index in [-0.39, 0.29) is 17.3 Å². The number of hydrogen-bond acceptors (Lipinski definition) is 4. The molecular weight excluding hydrogens is 402 g/mol. The van der Waals surface area contributed by atoms with Gasteiger partial charge < -0.3 is 10.6 Å². The van der Waals surface area contributed by atoms with E-state index in [2.05, 4.69) is 10.6 Å². The number of likely N-dealkylation sites (N-methyl/N-ethyl adjacent to an activating group) is 1. The van der Waals surface area contributed by atoms with Crippen LogP contribution in [0, 0.1) is 0 Å². The van der Waals surface area contributed by atoms with Gasteiger partial charge in [0.05, 0.1) is 11.4 Å². The Hall–Kier alpha value is -2.42. The summed E-state index contributed by atoms with van der Waals surface area (Å²) in [5.74, 6) is -0.648. The summed E-state index contributed by atoms with van der Waals surface area (Å²) in [7, 11) is -2.48. The highest BCUT2D eigenvalue weighted by Crippen LogP contribution is 2.17. The van der Waals surface area contributed by atoms with Gasteiger partial charge in [0, 0.05) is 31.2 Å². The molecule has 9 heteroatoms. The Morgan fingerprint density at radius 1 is 1.11 bits per heavy atom. The van der Waals surface area contributed by atoms with Gasteiger partial charge in [-0.1, -0.05) is 23.7 Å². The Labute approximate surface area is 169 Å². The van der Waals surface area contributed by atoms with Crippen LogP contribution >= 0.6 is 11.6 Å². The van der Waals surface area contributed by atoms with Gasteiger partial charge in [-0.3, -0.25) is 9.59 Å². The predicted molar refractivity (Wildman–Crippen MR) is 109 cm³/mol. The van der Waals surface area contributed by atoms with Crippen LogP contribution in [0.5, 0.6) is 0 Å². The normalized spacial score (nSPS) is 11.3. The third kappa shape index (κ3) is 6.33. The van der Waals surface area contributed by atoms with Gasteiger partial charge in [0.15, 0.2) is 0 Å². The molecule has 2 amide bonds. The highest BCUT2D eigenvalue weighted by atomic mass is 35.5. The van der Waals surface area contributed by atoms with Gasteiger partial charge in [-0.05, 0) is 48.4 Å². The molecule has 0 aliphatic rings. The summed E-state index contributed by atoms with van der Waals surface area (Å²) < 4.78 is 26.1. The average Bonchev–Trinajstić information content (AvgIpc) is 2.61. The summed E-state index contributed by atoms with van der Waals surface area (Å²) in [6, 6.07) is 13.1. The van der Waals surface area contributed by atoms with Crippen LogP contribution in [0.3, 0.4) is 0 Å². The van der Waals surface area contributed by atoms with Gasteiger partial charge in [0.25, 0.3) is 0 Å². The minimum atomic E-state index is -3.82. The third-order valence-corrected chi connectivity index (χ3v) is 5.93. The van der Waals surface area contributed by atoms with Gasteiger partial charge in [0.2, 0.25) is 21.8 Å². The first kappa shape index (κ1) is 21.9. The van der Waals surface area contributed by atoms with Gasteiger partial charge in [-0.25, -0.2) is 8.42 Å². The molecule has 0 heterocycles. The lowest BCUT2D eigenvalue weighted by Crippen LogP contribution is -2.39. The molecule has 2 aromatic carbocycles. The van der Waals surface area contributed by atoms with Crippen molar-refractivity contribution in [1.82, 2.24) is 9.62 Å². The van der Waals surface area contributed by atoms with Crippen molar-refractivity contribution in [2.24, 2.45) is 0 Å². The molecule has 0 fully saturated rings. The molecule has 2 N–H and O–H groups in total. The minimum Gasteiger partial charge on any atom is -0.355 e. The van der Waals surface area contributed by atoms with Crippen molar-refractivity contribution in [3.63, 3.8) is 0 Å². The molecule has 0 atom stereocenters. The lowest BCUT2D eigenvalue weighted by atomic mass is 10.1. The fraction of sp³-hybridized carbons (Fsp3) is 0.263. The molecule has 0 saturated heterocycles. The number of carbonyl (C=O) groups is 2. The number of carbonyl (C=O) groups excluding carboxylic acids is 2. The van der Waals surface area contributed by atoms with E-state index in [4.69, 9.17) is 11.6 Å². The first-order valence-corrected chi connectivity index (χ1v) is 10.4. The molecule has 7 nitrogen and oxygen atoms in total. The minimum absolute atomic E-state index is 0.0378. The lowest BCUT2D eigenvalue weighted by Gasteiger charge is -2.17. The fourth-order valence-corrected chi connectivity index (χ4v) is 3.82. The van der Waals surface area contributed by atoms with E-state index in [9.17, 15) is 18.0 Å². The molecule has 0 aromatic heterocycles. The quantitative estimate of drug-likeness (QED) is 0.680. The second kappa shape index (κ2) is 9.68. The Balaban J connectivity index is 1.90. The number of sulfonamides is 1. The van der Waals surface area contributed by atoms with Crippen molar-refractivity contribution in [3.8, 4) is 0 Å². The van der Waals surface area contributed by atoms with Crippen molar-refractivity contribution in [3.05, 3.63) is 59.1 Å². The van der Waals surface area contributed by atoms with Crippen LogP contribution in [0.1, 0.15) is 12.5 Å². The van der Waals surface area contributed by atoms with Crippen molar-refractivity contribution in [1.29, 1.82) is 0 Å². The number of benzene rings is 2. The summed E-state index contributed by atoms with van der Waals surface area (Å²) in [5, 5.41) is 5.89. The van der Waals surface area contributed by atoms with Gasteiger partial charge >= 0.3 is 0 Å². The highest BCUT2D eigenvalue weighted by Gasteiger charge is 2.22. The zero-order valence-electron chi connectivity index (χ0n) is 15.6. The molecule has 2 rings (SSSR count). The topological polar surface area (TPSA) is 95.6 Å². The molecule has 0 aliphatic carbocycles. The van der Waals surface area contributed by atoms with Crippen LogP contribution < -0.4 is 10.6 Å². The van der Waals surface area contributed by atoms with Crippen molar-refractivity contribution in [2.75, 3.05) is 25.5 Å². The van der Waals surface area contributed by atoms with Crippen LogP contribution in [0.25, 0.3) is 0 Å². The SMILES string of the molecule is CC(=O)Nc1ccc(S(=O)(=O)N(C)CC(=O)NCCc2cccc(Cl)c2)cc1. The second-order valence-electron chi connectivity index (χ2n) is 6.20. The van der Waals surface area contributed by atoms with Crippen molar-refractivity contribution >= 4 is 39.1 Å². The molecule has 150 valence electrons. The second-order valence-corrected chi connectivity index (χ2v) is 8.68. The smallest absolute Gasteiger partial charge is 0.243 e. The van der Waals surface area contributed by atoms with Crippen LogP contribution in [0.15, 0.2) is 53.4 Å². The van der Waals surface area contributed by atoms with Gasteiger partial charge in [0.1, 0.15) is 0 Å². The van der Waals surface area contributed by atoms with Crippen LogP contribution in [0.4, 0.5) is 5.69 Å². The molecular formula is C19H22ClN3O4S. The summed E-state index contributed by atoms with van der Waals surface area (Å²) in [6.07, 6.45) is 0.591. The molecule has 0 radical (unpaired) electrons. The van der Waals surface area contributed by atoms with Crippen LogP contribution in [-0.4, -0.2) is 44.7 Å². The zero-order valence-corrected chi connectivity index (χ0v) is 17.2. The number of anilines is 1. The summed E-state index contributed by atoms with van der Waals surface area (Å²) in [4.78, 5) is 23.1.